The zero-order valence-electron chi connectivity index (χ0n) is 9.20. The van der Waals surface area contributed by atoms with E-state index in [1.54, 1.807) is 0 Å². The zero-order chi connectivity index (χ0) is 10.6. The van der Waals surface area contributed by atoms with E-state index in [1.807, 2.05) is 4.90 Å². The molecule has 1 N–H and O–H groups in total. The summed E-state index contributed by atoms with van der Waals surface area (Å²) >= 11 is 0. The minimum absolute atomic E-state index is 0.0923. The molecular weight excluding hydrogens is 178 g/mol. The lowest BCUT2D eigenvalue weighted by atomic mass is 10.1. The smallest absolute Gasteiger partial charge is 0.222 e. The second-order valence-corrected chi connectivity index (χ2v) is 4.50. The Hall–Kier alpha value is -0.570. The van der Waals surface area contributed by atoms with Gasteiger partial charge in [0.2, 0.25) is 5.91 Å². The van der Waals surface area contributed by atoms with Gasteiger partial charge in [0.15, 0.2) is 0 Å². The van der Waals surface area contributed by atoms with Crippen LogP contribution < -0.4 is 0 Å². The Morgan fingerprint density at radius 1 is 1.57 bits per heavy atom. The first-order chi connectivity index (χ1) is 6.65. The molecule has 3 heteroatoms. The molecule has 1 heterocycles. The number of carbonyl (C=O) groups excluding carboxylic acids is 1. The van der Waals surface area contributed by atoms with Crippen LogP contribution in [0.2, 0.25) is 0 Å². The summed E-state index contributed by atoms with van der Waals surface area (Å²) < 4.78 is 0. The van der Waals surface area contributed by atoms with Gasteiger partial charge >= 0.3 is 0 Å². The molecule has 0 saturated carbocycles. The fourth-order valence-corrected chi connectivity index (χ4v) is 1.91. The SMILES string of the molecule is CC(C)CCC(=O)N1CCCC1CO. The first kappa shape index (κ1) is 11.5. The quantitative estimate of drug-likeness (QED) is 0.743. The van der Waals surface area contributed by atoms with Crippen molar-refractivity contribution in [2.45, 2.75) is 45.6 Å². The lowest BCUT2D eigenvalue weighted by molar-refractivity contribution is -0.133. The maximum absolute atomic E-state index is 11.7. The number of likely N-dealkylation sites (tertiary alicyclic amines) is 1. The number of hydrogen-bond acceptors (Lipinski definition) is 2. The molecule has 1 amide bonds. The first-order valence-corrected chi connectivity index (χ1v) is 5.55. The summed E-state index contributed by atoms with van der Waals surface area (Å²) in [5.41, 5.74) is 0. The summed E-state index contributed by atoms with van der Waals surface area (Å²) in [5, 5.41) is 9.07. The fraction of sp³-hybridized carbons (Fsp3) is 0.909. The average molecular weight is 199 g/mol. The zero-order valence-corrected chi connectivity index (χ0v) is 9.20. The van der Waals surface area contributed by atoms with Crippen molar-refractivity contribution in [2.75, 3.05) is 13.2 Å². The molecule has 0 aliphatic carbocycles. The van der Waals surface area contributed by atoms with Gasteiger partial charge in [-0.25, -0.2) is 0 Å². The van der Waals surface area contributed by atoms with E-state index in [9.17, 15) is 4.79 Å². The van der Waals surface area contributed by atoms with Gasteiger partial charge in [-0.1, -0.05) is 13.8 Å². The van der Waals surface area contributed by atoms with Crippen molar-refractivity contribution < 1.29 is 9.90 Å². The summed E-state index contributed by atoms with van der Waals surface area (Å²) in [7, 11) is 0. The number of amides is 1. The highest BCUT2D eigenvalue weighted by molar-refractivity contribution is 5.76. The minimum Gasteiger partial charge on any atom is -0.394 e. The van der Waals surface area contributed by atoms with E-state index >= 15 is 0 Å². The summed E-state index contributed by atoms with van der Waals surface area (Å²) in [5.74, 6) is 0.796. The van der Waals surface area contributed by atoms with Crippen molar-refractivity contribution in [2.24, 2.45) is 5.92 Å². The molecule has 0 aromatic heterocycles. The Labute approximate surface area is 86.1 Å². The van der Waals surface area contributed by atoms with E-state index in [2.05, 4.69) is 13.8 Å². The minimum atomic E-state index is 0.0923. The third kappa shape index (κ3) is 2.98. The molecule has 0 spiro atoms. The van der Waals surface area contributed by atoms with Crippen LogP contribution in [0.1, 0.15) is 39.5 Å². The largest absolute Gasteiger partial charge is 0.394 e. The molecule has 1 saturated heterocycles. The maximum atomic E-state index is 11.7. The predicted molar refractivity (Wildman–Crippen MR) is 55.9 cm³/mol. The van der Waals surface area contributed by atoms with Crippen LogP contribution in [-0.2, 0) is 4.79 Å². The topological polar surface area (TPSA) is 40.5 Å². The van der Waals surface area contributed by atoms with Crippen LogP contribution in [0.15, 0.2) is 0 Å². The van der Waals surface area contributed by atoms with E-state index in [4.69, 9.17) is 5.11 Å². The van der Waals surface area contributed by atoms with Crippen LogP contribution in [-0.4, -0.2) is 35.1 Å². The van der Waals surface area contributed by atoms with E-state index in [-0.39, 0.29) is 18.6 Å². The van der Waals surface area contributed by atoms with Crippen molar-refractivity contribution in [3.63, 3.8) is 0 Å². The molecule has 1 aliphatic rings. The van der Waals surface area contributed by atoms with Crippen LogP contribution in [0.25, 0.3) is 0 Å². The lowest BCUT2D eigenvalue weighted by Crippen LogP contribution is -2.37. The molecule has 1 fully saturated rings. The number of aliphatic hydroxyl groups excluding tert-OH is 1. The van der Waals surface area contributed by atoms with Crippen molar-refractivity contribution in [1.29, 1.82) is 0 Å². The van der Waals surface area contributed by atoms with Gasteiger partial charge in [-0.2, -0.15) is 0 Å². The third-order valence-electron chi connectivity index (χ3n) is 2.84. The Kier molecular flexibility index (Phi) is 4.39. The van der Waals surface area contributed by atoms with Gasteiger partial charge in [-0.15, -0.1) is 0 Å². The second kappa shape index (κ2) is 5.35. The number of aliphatic hydroxyl groups is 1. The van der Waals surface area contributed by atoms with Crippen LogP contribution in [0.4, 0.5) is 0 Å². The molecule has 1 aliphatic heterocycles. The normalized spacial score (nSPS) is 22.0. The Morgan fingerprint density at radius 2 is 2.29 bits per heavy atom. The predicted octanol–water partition coefficient (Wildman–Crippen LogP) is 1.41. The van der Waals surface area contributed by atoms with Crippen molar-refractivity contribution in [3.05, 3.63) is 0 Å². The highest BCUT2D eigenvalue weighted by atomic mass is 16.3. The molecule has 0 radical (unpaired) electrons. The number of hydrogen-bond donors (Lipinski definition) is 1. The fourth-order valence-electron chi connectivity index (χ4n) is 1.91. The van der Waals surface area contributed by atoms with Gasteiger partial charge in [-0.3, -0.25) is 4.79 Å². The van der Waals surface area contributed by atoms with Crippen LogP contribution in [0.3, 0.4) is 0 Å². The standard InChI is InChI=1S/C11H21NO2/c1-9(2)5-6-11(14)12-7-3-4-10(12)8-13/h9-10,13H,3-8H2,1-2H3. The Morgan fingerprint density at radius 3 is 2.86 bits per heavy atom. The van der Waals surface area contributed by atoms with E-state index in [1.165, 1.54) is 0 Å². The summed E-state index contributed by atoms with van der Waals surface area (Å²) in [6.45, 7) is 5.21. The Balaban J connectivity index is 2.35. The van der Waals surface area contributed by atoms with Gasteiger partial charge in [0.1, 0.15) is 0 Å². The van der Waals surface area contributed by atoms with Crippen LogP contribution in [0.5, 0.6) is 0 Å². The highest BCUT2D eigenvalue weighted by Crippen LogP contribution is 2.18. The molecule has 3 nitrogen and oxygen atoms in total. The molecule has 1 atom stereocenters. The van der Waals surface area contributed by atoms with Crippen LogP contribution >= 0.6 is 0 Å². The van der Waals surface area contributed by atoms with E-state index in [0.29, 0.717) is 12.3 Å². The first-order valence-electron chi connectivity index (χ1n) is 5.55. The molecular formula is C11H21NO2. The highest BCUT2D eigenvalue weighted by Gasteiger charge is 2.27. The van der Waals surface area contributed by atoms with Crippen molar-refractivity contribution in [3.8, 4) is 0 Å². The molecule has 0 bridgehead atoms. The van der Waals surface area contributed by atoms with Crippen molar-refractivity contribution in [1.82, 2.24) is 4.90 Å². The van der Waals surface area contributed by atoms with Gasteiger partial charge in [0.05, 0.1) is 12.6 Å². The molecule has 82 valence electrons. The number of nitrogens with zero attached hydrogens (tertiary/aromatic N) is 1. The monoisotopic (exact) mass is 199 g/mol. The van der Waals surface area contributed by atoms with Gasteiger partial charge < -0.3 is 10.0 Å². The molecule has 1 rings (SSSR count). The third-order valence-corrected chi connectivity index (χ3v) is 2.84. The van der Waals surface area contributed by atoms with Crippen molar-refractivity contribution >= 4 is 5.91 Å². The summed E-state index contributed by atoms with van der Waals surface area (Å²) in [6.07, 6.45) is 3.59. The number of rotatable bonds is 4. The van der Waals surface area contributed by atoms with Crippen LogP contribution in [0, 0.1) is 5.92 Å². The second-order valence-electron chi connectivity index (χ2n) is 4.50. The van der Waals surface area contributed by atoms with Gasteiger partial charge in [0, 0.05) is 13.0 Å². The molecule has 0 aromatic rings. The lowest BCUT2D eigenvalue weighted by Gasteiger charge is -2.23. The summed E-state index contributed by atoms with van der Waals surface area (Å²) in [6, 6.07) is 0.0923. The van der Waals surface area contributed by atoms with E-state index in [0.717, 1.165) is 25.8 Å². The Bertz CT molecular complexity index is 192. The van der Waals surface area contributed by atoms with Gasteiger partial charge in [0.25, 0.3) is 0 Å². The van der Waals surface area contributed by atoms with E-state index < -0.39 is 0 Å². The molecule has 0 aromatic carbocycles. The molecule has 1 unspecified atom stereocenters. The summed E-state index contributed by atoms with van der Waals surface area (Å²) in [4.78, 5) is 13.6. The average Bonchev–Trinajstić information content (AvgIpc) is 2.61. The maximum Gasteiger partial charge on any atom is 0.222 e. The van der Waals surface area contributed by atoms with Gasteiger partial charge in [-0.05, 0) is 25.2 Å². The number of carbonyl (C=O) groups is 1. The molecule has 14 heavy (non-hydrogen) atoms.